The molecule has 0 fully saturated rings. The summed E-state index contributed by atoms with van der Waals surface area (Å²) >= 11 is 0. The number of aliphatic hydroxyl groups is 2. The summed E-state index contributed by atoms with van der Waals surface area (Å²) in [5, 5.41) is 18.4. The van der Waals surface area contributed by atoms with Crippen molar-refractivity contribution in [3.05, 3.63) is 0 Å². The van der Waals surface area contributed by atoms with Crippen LogP contribution in [0.25, 0.3) is 0 Å². The van der Waals surface area contributed by atoms with Gasteiger partial charge in [-0.2, -0.15) is 0 Å². The topological polar surface area (TPSA) is 110 Å². The van der Waals surface area contributed by atoms with Crippen LogP contribution in [0, 0.1) is 0 Å². The Morgan fingerprint density at radius 3 is 1.28 bits per heavy atom. The lowest BCUT2D eigenvalue weighted by molar-refractivity contribution is -0.122. The molecular formula is C27H58O7Si2. The summed E-state index contributed by atoms with van der Waals surface area (Å²) in [6.45, 7) is 29.3. The van der Waals surface area contributed by atoms with Crippen LogP contribution in [0.5, 0.6) is 0 Å². The third kappa shape index (κ3) is 21.4. The van der Waals surface area contributed by atoms with Crippen LogP contribution >= 0.6 is 0 Å². The lowest BCUT2D eigenvalue weighted by atomic mass is 9.97. The van der Waals surface area contributed by atoms with E-state index in [1.165, 1.54) is 13.8 Å². The first-order valence-corrected chi connectivity index (χ1v) is 18.7. The second kappa shape index (κ2) is 17.0. The van der Waals surface area contributed by atoms with Crippen LogP contribution in [0.4, 0.5) is 0 Å². The van der Waals surface area contributed by atoms with E-state index in [4.69, 9.17) is 14.0 Å². The SMILES string of the molecule is CC(=O)CC(C)(O)CCO[Si](C)(C)C(C)(C)C.CC(=O)CCO.CC(=O)CCO[Si](C)(C)C(C)(C)C. The minimum Gasteiger partial charge on any atom is -0.417 e. The lowest BCUT2D eigenvalue weighted by Crippen LogP contribution is -2.42. The van der Waals surface area contributed by atoms with E-state index in [-0.39, 0.29) is 40.5 Å². The fourth-order valence-electron chi connectivity index (χ4n) is 2.19. The maximum Gasteiger partial charge on any atom is 0.191 e. The average Bonchev–Trinajstić information content (AvgIpc) is 2.58. The molecule has 0 aromatic rings. The van der Waals surface area contributed by atoms with Gasteiger partial charge in [-0.3, -0.25) is 14.4 Å². The van der Waals surface area contributed by atoms with Crippen LogP contribution in [0.15, 0.2) is 0 Å². The monoisotopic (exact) mass is 550 g/mol. The number of rotatable bonds is 12. The second-order valence-corrected chi connectivity index (χ2v) is 22.6. The van der Waals surface area contributed by atoms with Gasteiger partial charge < -0.3 is 19.1 Å². The molecule has 0 aromatic heterocycles. The number of hydrogen-bond donors (Lipinski definition) is 2. The number of hydrogen-bond acceptors (Lipinski definition) is 7. The van der Waals surface area contributed by atoms with E-state index in [2.05, 4.69) is 67.7 Å². The van der Waals surface area contributed by atoms with Crippen LogP contribution in [-0.2, 0) is 23.2 Å². The first-order chi connectivity index (χ1) is 15.8. The molecule has 0 radical (unpaired) electrons. The van der Waals surface area contributed by atoms with E-state index in [1.54, 1.807) is 13.8 Å². The first-order valence-electron chi connectivity index (χ1n) is 12.9. The molecule has 0 amide bonds. The van der Waals surface area contributed by atoms with Crippen molar-refractivity contribution in [1.82, 2.24) is 0 Å². The highest BCUT2D eigenvalue weighted by Gasteiger charge is 2.38. The van der Waals surface area contributed by atoms with Gasteiger partial charge in [0.1, 0.15) is 17.3 Å². The van der Waals surface area contributed by atoms with Crippen molar-refractivity contribution < 1.29 is 33.4 Å². The summed E-state index contributed by atoms with van der Waals surface area (Å²) in [5.74, 6) is 0.263. The molecule has 0 rings (SSSR count). The summed E-state index contributed by atoms with van der Waals surface area (Å²) in [6.07, 6.45) is 1.56. The highest BCUT2D eigenvalue weighted by atomic mass is 28.4. The van der Waals surface area contributed by atoms with E-state index < -0.39 is 22.2 Å². The van der Waals surface area contributed by atoms with E-state index in [0.717, 1.165) is 0 Å². The minimum absolute atomic E-state index is 0.0160. The highest BCUT2D eigenvalue weighted by Crippen LogP contribution is 2.37. The van der Waals surface area contributed by atoms with E-state index >= 15 is 0 Å². The van der Waals surface area contributed by atoms with Crippen LogP contribution in [0.3, 0.4) is 0 Å². The van der Waals surface area contributed by atoms with Gasteiger partial charge in [0.25, 0.3) is 0 Å². The normalized spacial score (nSPS) is 14.0. The van der Waals surface area contributed by atoms with Crippen molar-refractivity contribution >= 4 is 34.0 Å². The quantitative estimate of drug-likeness (QED) is 0.284. The molecule has 0 aliphatic heterocycles. The van der Waals surface area contributed by atoms with Gasteiger partial charge >= 0.3 is 0 Å². The predicted octanol–water partition coefficient (Wildman–Crippen LogP) is 6.07. The van der Waals surface area contributed by atoms with Gasteiger partial charge in [-0.15, -0.1) is 0 Å². The summed E-state index contributed by atoms with van der Waals surface area (Å²) in [5.41, 5.74) is -0.936. The molecule has 2 N–H and O–H groups in total. The molecule has 36 heavy (non-hydrogen) atoms. The number of carbonyl (C=O) groups excluding carboxylic acids is 3. The third-order valence-corrected chi connectivity index (χ3v) is 15.8. The lowest BCUT2D eigenvalue weighted by Gasteiger charge is -2.37. The largest absolute Gasteiger partial charge is 0.417 e. The Bertz CT molecular complexity index is 658. The Morgan fingerprint density at radius 1 is 0.667 bits per heavy atom. The molecule has 0 bridgehead atoms. The van der Waals surface area contributed by atoms with Crippen molar-refractivity contribution in [3.8, 4) is 0 Å². The van der Waals surface area contributed by atoms with Gasteiger partial charge in [0.05, 0.1) is 5.60 Å². The number of Topliss-reactive ketones (excluding diaryl/α,β-unsaturated/α-hetero) is 3. The molecule has 1 atom stereocenters. The van der Waals surface area contributed by atoms with Crippen LogP contribution < -0.4 is 0 Å². The van der Waals surface area contributed by atoms with Gasteiger partial charge in [-0.1, -0.05) is 41.5 Å². The maximum absolute atomic E-state index is 11.0. The van der Waals surface area contributed by atoms with Crippen LogP contribution in [-0.4, -0.2) is 69.6 Å². The fraction of sp³-hybridized carbons (Fsp3) is 0.889. The molecule has 216 valence electrons. The van der Waals surface area contributed by atoms with Gasteiger partial charge in [0.2, 0.25) is 0 Å². The van der Waals surface area contributed by atoms with Crippen molar-refractivity contribution in [2.24, 2.45) is 0 Å². The van der Waals surface area contributed by atoms with Crippen molar-refractivity contribution in [2.45, 2.75) is 137 Å². The maximum atomic E-state index is 11.0. The van der Waals surface area contributed by atoms with Crippen molar-refractivity contribution in [2.75, 3.05) is 19.8 Å². The van der Waals surface area contributed by atoms with Crippen molar-refractivity contribution in [3.63, 3.8) is 0 Å². The number of ketones is 3. The van der Waals surface area contributed by atoms with E-state index in [0.29, 0.717) is 32.5 Å². The Kier molecular flexibility index (Phi) is 18.8. The number of aliphatic hydroxyl groups excluding tert-OH is 1. The average molecular weight is 551 g/mol. The van der Waals surface area contributed by atoms with E-state index in [9.17, 15) is 19.5 Å². The molecular weight excluding hydrogens is 492 g/mol. The van der Waals surface area contributed by atoms with Gasteiger partial charge in [0, 0.05) is 39.1 Å². The molecule has 0 aromatic carbocycles. The van der Waals surface area contributed by atoms with Gasteiger partial charge in [0.15, 0.2) is 16.6 Å². The smallest absolute Gasteiger partial charge is 0.191 e. The third-order valence-electron chi connectivity index (χ3n) is 6.73. The Hall–Kier alpha value is -0.716. The molecule has 1 unspecified atom stereocenters. The molecule has 0 heterocycles. The highest BCUT2D eigenvalue weighted by molar-refractivity contribution is 6.74. The van der Waals surface area contributed by atoms with Gasteiger partial charge in [-0.25, -0.2) is 0 Å². The molecule has 0 aliphatic carbocycles. The standard InChI is InChI=1S/C13H28O3Si.C10H22O2Si.C4H8O2/c1-11(14)10-13(5,15)8-9-16-17(6,7)12(2,3)4;1-9(11)7-8-12-13(5,6)10(2,3)4;1-4(6)2-3-5/h15H,8-10H2,1-7H3;7-8H2,1-6H3;5H,2-3H2,1H3. The van der Waals surface area contributed by atoms with Crippen LogP contribution in [0.1, 0.15) is 94.9 Å². The van der Waals surface area contributed by atoms with Crippen LogP contribution in [0.2, 0.25) is 36.3 Å². The Morgan fingerprint density at radius 2 is 1.03 bits per heavy atom. The zero-order valence-electron chi connectivity index (χ0n) is 25.9. The van der Waals surface area contributed by atoms with Crippen molar-refractivity contribution in [1.29, 1.82) is 0 Å². The molecule has 0 saturated heterocycles. The summed E-state index contributed by atoms with van der Waals surface area (Å²) in [7, 11) is -3.36. The van der Waals surface area contributed by atoms with Gasteiger partial charge in [-0.05, 0) is 70.4 Å². The minimum atomic E-state index is -1.74. The summed E-state index contributed by atoms with van der Waals surface area (Å²) in [6, 6.07) is 0. The van der Waals surface area contributed by atoms with E-state index in [1.807, 2.05) is 0 Å². The Balaban J connectivity index is -0.000000505. The first kappa shape index (κ1) is 39.8. The summed E-state index contributed by atoms with van der Waals surface area (Å²) in [4.78, 5) is 31.6. The summed E-state index contributed by atoms with van der Waals surface area (Å²) < 4.78 is 11.8. The zero-order chi connectivity index (χ0) is 29.6. The molecule has 7 nitrogen and oxygen atoms in total. The predicted molar refractivity (Wildman–Crippen MR) is 155 cm³/mol. The molecule has 0 spiro atoms. The number of carbonyl (C=O) groups is 3. The Labute approximate surface area is 224 Å². The fourth-order valence-corrected chi connectivity index (χ4v) is 4.28. The zero-order valence-corrected chi connectivity index (χ0v) is 27.9. The molecule has 0 saturated carbocycles. The molecule has 9 heteroatoms. The second-order valence-electron chi connectivity index (χ2n) is 13.0. The molecule has 0 aliphatic rings.